The van der Waals surface area contributed by atoms with E-state index in [1.807, 2.05) is 36.4 Å². The summed E-state index contributed by atoms with van der Waals surface area (Å²) in [4.78, 5) is 26.4. The number of nitrogens with zero attached hydrogens (tertiary/aromatic N) is 2. The van der Waals surface area contributed by atoms with Gasteiger partial charge in [-0.15, -0.1) is 0 Å². The summed E-state index contributed by atoms with van der Waals surface area (Å²) in [5.74, 6) is -0.0607. The second-order valence-corrected chi connectivity index (χ2v) is 6.40. The number of ether oxygens (including phenoxy) is 1. The SMILES string of the molecule is O=C(CCN1NC(c2ccccc2)=CCC1=O)NCCN1CCOCC1. The van der Waals surface area contributed by atoms with Crippen molar-refractivity contribution in [3.8, 4) is 0 Å². The fourth-order valence-corrected chi connectivity index (χ4v) is 3.01. The van der Waals surface area contributed by atoms with Gasteiger partial charge in [0.15, 0.2) is 0 Å². The summed E-state index contributed by atoms with van der Waals surface area (Å²) in [6, 6.07) is 9.86. The molecule has 0 unspecified atom stereocenters. The van der Waals surface area contributed by atoms with Crippen molar-refractivity contribution in [1.82, 2.24) is 20.7 Å². The molecule has 2 aliphatic heterocycles. The van der Waals surface area contributed by atoms with Gasteiger partial charge in [0, 0.05) is 39.0 Å². The van der Waals surface area contributed by atoms with Gasteiger partial charge >= 0.3 is 0 Å². The number of nitrogens with one attached hydrogen (secondary N) is 2. The van der Waals surface area contributed by atoms with Gasteiger partial charge < -0.3 is 10.1 Å². The predicted molar refractivity (Wildman–Crippen MR) is 98.8 cm³/mol. The average molecular weight is 358 g/mol. The van der Waals surface area contributed by atoms with Crippen LogP contribution in [0.25, 0.3) is 5.70 Å². The van der Waals surface area contributed by atoms with Crippen LogP contribution in [-0.4, -0.2) is 67.7 Å². The van der Waals surface area contributed by atoms with Crippen LogP contribution in [0.4, 0.5) is 0 Å². The summed E-state index contributed by atoms with van der Waals surface area (Å²) in [5.41, 5.74) is 5.05. The third kappa shape index (κ3) is 5.31. The molecule has 0 saturated carbocycles. The lowest BCUT2D eigenvalue weighted by molar-refractivity contribution is -0.133. The van der Waals surface area contributed by atoms with Crippen molar-refractivity contribution in [1.29, 1.82) is 0 Å². The summed E-state index contributed by atoms with van der Waals surface area (Å²) in [6.45, 7) is 5.15. The van der Waals surface area contributed by atoms with E-state index in [2.05, 4.69) is 15.6 Å². The standard InChI is InChI=1S/C19H26N4O3/c24-18(20-9-11-22-12-14-26-15-13-22)8-10-23-19(25)7-6-17(21-23)16-4-2-1-3-5-16/h1-6,21H,7-15H2,(H,20,24). The minimum Gasteiger partial charge on any atom is -0.379 e. The minimum atomic E-state index is -0.0383. The van der Waals surface area contributed by atoms with Gasteiger partial charge in [-0.05, 0) is 11.6 Å². The highest BCUT2D eigenvalue weighted by molar-refractivity contribution is 5.84. The number of hydrogen-bond acceptors (Lipinski definition) is 5. The molecule has 0 aliphatic carbocycles. The summed E-state index contributed by atoms with van der Waals surface area (Å²) >= 11 is 0. The molecule has 7 heteroatoms. The third-order valence-corrected chi connectivity index (χ3v) is 4.54. The largest absolute Gasteiger partial charge is 0.379 e. The topological polar surface area (TPSA) is 73.9 Å². The normalized spacial score (nSPS) is 18.2. The number of amides is 2. The van der Waals surface area contributed by atoms with Crippen LogP contribution in [0.15, 0.2) is 36.4 Å². The third-order valence-electron chi connectivity index (χ3n) is 4.54. The average Bonchev–Trinajstić information content (AvgIpc) is 2.69. The Labute approximate surface area is 154 Å². The van der Waals surface area contributed by atoms with Crippen molar-refractivity contribution in [3.05, 3.63) is 42.0 Å². The smallest absolute Gasteiger partial charge is 0.244 e. The first-order valence-electron chi connectivity index (χ1n) is 9.12. The van der Waals surface area contributed by atoms with E-state index >= 15 is 0 Å². The molecule has 0 bridgehead atoms. The summed E-state index contributed by atoms with van der Waals surface area (Å²) in [5, 5.41) is 4.46. The van der Waals surface area contributed by atoms with Gasteiger partial charge in [-0.2, -0.15) is 0 Å². The Balaban J connectivity index is 1.40. The zero-order valence-electron chi connectivity index (χ0n) is 14.9. The number of morpholine rings is 1. The highest BCUT2D eigenvalue weighted by Gasteiger charge is 2.20. The van der Waals surface area contributed by atoms with Crippen molar-refractivity contribution in [2.45, 2.75) is 12.8 Å². The number of benzene rings is 1. The molecule has 2 heterocycles. The highest BCUT2D eigenvalue weighted by Crippen LogP contribution is 2.16. The molecular weight excluding hydrogens is 332 g/mol. The molecule has 0 atom stereocenters. The summed E-state index contributed by atoms with van der Waals surface area (Å²) < 4.78 is 5.31. The molecule has 1 aromatic carbocycles. The molecule has 0 radical (unpaired) electrons. The fraction of sp³-hybridized carbons (Fsp3) is 0.474. The van der Waals surface area contributed by atoms with Gasteiger partial charge in [-0.1, -0.05) is 30.3 Å². The van der Waals surface area contributed by atoms with Gasteiger partial charge in [0.1, 0.15) is 0 Å². The van der Waals surface area contributed by atoms with Crippen LogP contribution < -0.4 is 10.7 Å². The molecular formula is C19H26N4O3. The van der Waals surface area contributed by atoms with Crippen LogP contribution >= 0.6 is 0 Å². The monoisotopic (exact) mass is 358 g/mol. The van der Waals surface area contributed by atoms with Crippen LogP contribution in [0.5, 0.6) is 0 Å². The predicted octanol–water partition coefficient (Wildman–Crippen LogP) is 0.603. The van der Waals surface area contributed by atoms with Crippen molar-refractivity contribution < 1.29 is 14.3 Å². The lowest BCUT2D eigenvalue weighted by Gasteiger charge is -2.29. The van der Waals surface area contributed by atoms with E-state index < -0.39 is 0 Å². The Bertz CT molecular complexity index is 641. The van der Waals surface area contributed by atoms with E-state index in [0.717, 1.165) is 44.1 Å². The molecule has 1 fully saturated rings. The first-order chi connectivity index (χ1) is 12.7. The van der Waals surface area contributed by atoms with E-state index in [-0.39, 0.29) is 18.2 Å². The molecule has 2 N–H and O–H groups in total. The fourth-order valence-electron chi connectivity index (χ4n) is 3.01. The molecule has 1 aromatic rings. The zero-order chi connectivity index (χ0) is 18.2. The quantitative estimate of drug-likeness (QED) is 0.747. The summed E-state index contributed by atoms with van der Waals surface area (Å²) in [7, 11) is 0. The lowest BCUT2D eigenvalue weighted by Crippen LogP contribution is -2.46. The van der Waals surface area contributed by atoms with Crippen LogP contribution in [0.2, 0.25) is 0 Å². The Kier molecular flexibility index (Phi) is 6.62. The van der Waals surface area contributed by atoms with Gasteiger partial charge in [-0.3, -0.25) is 24.9 Å². The molecule has 1 saturated heterocycles. The summed E-state index contributed by atoms with van der Waals surface area (Å²) in [6.07, 6.45) is 2.51. The first kappa shape index (κ1) is 18.4. The molecule has 0 spiro atoms. The maximum absolute atomic E-state index is 12.1. The molecule has 2 amide bonds. The van der Waals surface area contributed by atoms with E-state index in [1.54, 1.807) is 0 Å². The maximum Gasteiger partial charge on any atom is 0.244 e. The maximum atomic E-state index is 12.1. The van der Waals surface area contributed by atoms with E-state index in [4.69, 9.17) is 4.74 Å². The van der Waals surface area contributed by atoms with Gasteiger partial charge in [0.2, 0.25) is 11.8 Å². The number of carbonyl (C=O) groups excluding carboxylic acids is 2. The Morgan fingerprint density at radius 3 is 2.69 bits per heavy atom. The van der Waals surface area contributed by atoms with Crippen LogP contribution in [0, 0.1) is 0 Å². The Hall–Kier alpha value is -2.38. The van der Waals surface area contributed by atoms with E-state index in [0.29, 0.717) is 19.5 Å². The Morgan fingerprint density at radius 2 is 1.92 bits per heavy atom. The molecule has 140 valence electrons. The molecule has 7 nitrogen and oxygen atoms in total. The van der Waals surface area contributed by atoms with E-state index in [9.17, 15) is 9.59 Å². The number of carbonyl (C=O) groups is 2. The van der Waals surface area contributed by atoms with Crippen molar-refractivity contribution in [2.24, 2.45) is 0 Å². The number of hydrazine groups is 1. The van der Waals surface area contributed by atoms with E-state index in [1.165, 1.54) is 5.01 Å². The molecule has 2 aliphatic rings. The number of hydrogen-bond donors (Lipinski definition) is 2. The van der Waals surface area contributed by atoms with Crippen molar-refractivity contribution in [2.75, 3.05) is 45.9 Å². The second kappa shape index (κ2) is 9.35. The van der Waals surface area contributed by atoms with Gasteiger partial charge in [0.05, 0.1) is 25.5 Å². The molecule has 3 rings (SSSR count). The van der Waals surface area contributed by atoms with Crippen LogP contribution in [-0.2, 0) is 14.3 Å². The highest BCUT2D eigenvalue weighted by atomic mass is 16.5. The van der Waals surface area contributed by atoms with Crippen molar-refractivity contribution >= 4 is 17.5 Å². The zero-order valence-corrected chi connectivity index (χ0v) is 14.9. The van der Waals surface area contributed by atoms with Crippen LogP contribution in [0.3, 0.4) is 0 Å². The minimum absolute atomic E-state index is 0.0224. The second-order valence-electron chi connectivity index (χ2n) is 6.40. The lowest BCUT2D eigenvalue weighted by atomic mass is 10.1. The molecule has 0 aromatic heterocycles. The van der Waals surface area contributed by atoms with Gasteiger partial charge in [-0.25, -0.2) is 0 Å². The Morgan fingerprint density at radius 1 is 1.15 bits per heavy atom. The van der Waals surface area contributed by atoms with Crippen molar-refractivity contribution in [3.63, 3.8) is 0 Å². The molecule has 26 heavy (non-hydrogen) atoms. The number of rotatable bonds is 7. The first-order valence-corrected chi connectivity index (χ1v) is 9.12. The van der Waals surface area contributed by atoms with Gasteiger partial charge in [0.25, 0.3) is 0 Å². The van der Waals surface area contributed by atoms with Crippen LogP contribution in [0.1, 0.15) is 18.4 Å².